The lowest BCUT2D eigenvalue weighted by Gasteiger charge is -2.16. The molecule has 1 aliphatic rings. The third-order valence-corrected chi connectivity index (χ3v) is 3.53. The monoisotopic (exact) mass is 205 g/mol. The molecule has 1 fully saturated rings. The average Bonchev–Trinajstić information content (AvgIpc) is 3.01. The zero-order valence-corrected chi connectivity index (χ0v) is 9.51. The summed E-state index contributed by atoms with van der Waals surface area (Å²) in [5.74, 6) is 0. The lowest BCUT2D eigenvalue weighted by molar-refractivity contribution is 0.229. The van der Waals surface area contributed by atoms with Gasteiger partial charge in [0.15, 0.2) is 0 Å². The third-order valence-electron chi connectivity index (χ3n) is 3.53. The van der Waals surface area contributed by atoms with Gasteiger partial charge in [0, 0.05) is 12.1 Å². The molecule has 1 saturated carbocycles. The van der Waals surface area contributed by atoms with E-state index in [9.17, 15) is 5.11 Å². The predicted molar refractivity (Wildman–Crippen MR) is 61.8 cm³/mol. The smallest absolute Gasteiger partial charge is 0.0613 e. The van der Waals surface area contributed by atoms with Crippen LogP contribution in [0.1, 0.15) is 29.5 Å². The van der Waals surface area contributed by atoms with Gasteiger partial charge in [0.1, 0.15) is 0 Å². The van der Waals surface area contributed by atoms with Gasteiger partial charge in [-0.3, -0.25) is 0 Å². The van der Waals surface area contributed by atoms with Crippen LogP contribution in [0.25, 0.3) is 0 Å². The molecule has 1 aromatic carbocycles. The molecule has 0 spiro atoms. The van der Waals surface area contributed by atoms with E-state index in [1.807, 2.05) is 0 Å². The summed E-state index contributed by atoms with van der Waals surface area (Å²) in [5.41, 5.74) is 4.08. The number of hydrogen-bond acceptors (Lipinski definition) is 2. The van der Waals surface area contributed by atoms with Crippen LogP contribution in [-0.4, -0.2) is 17.3 Å². The first kappa shape index (κ1) is 10.7. The van der Waals surface area contributed by atoms with E-state index < -0.39 is 0 Å². The van der Waals surface area contributed by atoms with Crippen molar-refractivity contribution < 1.29 is 5.11 Å². The van der Waals surface area contributed by atoms with E-state index in [4.69, 9.17) is 0 Å². The normalized spacial score (nSPS) is 17.8. The van der Waals surface area contributed by atoms with Gasteiger partial charge in [-0.05, 0) is 43.4 Å². The molecular weight excluding hydrogens is 186 g/mol. The van der Waals surface area contributed by atoms with Gasteiger partial charge in [0.2, 0.25) is 0 Å². The van der Waals surface area contributed by atoms with E-state index in [1.54, 1.807) is 0 Å². The highest BCUT2D eigenvalue weighted by Crippen LogP contribution is 2.34. The van der Waals surface area contributed by atoms with E-state index >= 15 is 0 Å². The molecule has 2 N–H and O–H groups in total. The van der Waals surface area contributed by atoms with Crippen LogP contribution in [0.4, 0.5) is 0 Å². The maximum absolute atomic E-state index is 9.20. The molecule has 0 heterocycles. The van der Waals surface area contributed by atoms with Gasteiger partial charge in [-0.1, -0.05) is 18.2 Å². The number of hydrogen-bond donors (Lipinski definition) is 2. The Kier molecular flexibility index (Phi) is 2.81. The van der Waals surface area contributed by atoms with Crippen LogP contribution in [-0.2, 0) is 6.54 Å². The molecule has 0 aliphatic heterocycles. The predicted octanol–water partition coefficient (Wildman–Crippen LogP) is 1.92. The number of rotatable bonds is 4. The van der Waals surface area contributed by atoms with Gasteiger partial charge >= 0.3 is 0 Å². The largest absolute Gasteiger partial charge is 0.394 e. The second-order valence-corrected chi connectivity index (χ2v) is 4.65. The van der Waals surface area contributed by atoms with Crippen molar-refractivity contribution >= 4 is 0 Å². The molecule has 0 atom stereocenters. The first-order valence-corrected chi connectivity index (χ1v) is 5.58. The van der Waals surface area contributed by atoms with Gasteiger partial charge in [-0.2, -0.15) is 0 Å². The summed E-state index contributed by atoms with van der Waals surface area (Å²) in [6.07, 6.45) is 2.21. The van der Waals surface area contributed by atoms with Crippen molar-refractivity contribution in [1.29, 1.82) is 0 Å². The van der Waals surface area contributed by atoms with Crippen LogP contribution in [0.15, 0.2) is 18.2 Å². The van der Waals surface area contributed by atoms with Crippen molar-refractivity contribution in [3.8, 4) is 0 Å². The van der Waals surface area contributed by atoms with E-state index in [0.717, 1.165) is 19.4 Å². The SMILES string of the molecule is Cc1cccc(CNC2(CO)CC2)c1C. The summed E-state index contributed by atoms with van der Waals surface area (Å²) < 4.78 is 0. The molecule has 0 unspecified atom stereocenters. The van der Waals surface area contributed by atoms with Crippen molar-refractivity contribution in [3.05, 3.63) is 34.9 Å². The second-order valence-electron chi connectivity index (χ2n) is 4.65. The van der Waals surface area contributed by atoms with Crippen molar-refractivity contribution in [2.75, 3.05) is 6.61 Å². The Labute approximate surface area is 91.3 Å². The quantitative estimate of drug-likeness (QED) is 0.787. The highest BCUT2D eigenvalue weighted by molar-refractivity contribution is 5.33. The van der Waals surface area contributed by atoms with Crippen LogP contribution in [0, 0.1) is 13.8 Å². The van der Waals surface area contributed by atoms with E-state index in [2.05, 4.69) is 37.4 Å². The molecule has 2 rings (SSSR count). The van der Waals surface area contributed by atoms with Crippen LogP contribution in [0.3, 0.4) is 0 Å². The molecule has 0 aromatic heterocycles. The third kappa shape index (κ3) is 2.21. The zero-order valence-electron chi connectivity index (χ0n) is 9.51. The maximum atomic E-state index is 9.20. The molecule has 0 radical (unpaired) electrons. The van der Waals surface area contributed by atoms with E-state index in [-0.39, 0.29) is 12.1 Å². The van der Waals surface area contributed by atoms with Crippen molar-refractivity contribution in [1.82, 2.24) is 5.32 Å². The maximum Gasteiger partial charge on any atom is 0.0613 e. The molecule has 0 amide bonds. The molecular formula is C13H19NO. The van der Waals surface area contributed by atoms with Gasteiger partial charge in [-0.15, -0.1) is 0 Å². The fourth-order valence-electron chi connectivity index (χ4n) is 1.83. The summed E-state index contributed by atoms with van der Waals surface area (Å²) >= 11 is 0. The first-order chi connectivity index (χ1) is 7.17. The highest BCUT2D eigenvalue weighted by atomic mass is 16.3. The zero-order chi connectivity index (χ0) is 10.9. The fourth-order valence-corrected chi connectivity index (χ4v) is 1.83. The Morgan fingerprint density at radius 3 is 2.67 bits per heavy atom. The number of benzene rings is 1. The lowest BCUT2D eigenvalue weighted by Crippen LogP contribution is -2.34. The minimum atomic E-state index is 0.0379. The standard InChI is InChI=1S/C13H19NO/c1-10-4-3-5-12(11(10)2)8-14-13(9-15)6-7-13/h3-5,14-15H,6-9H2,1-2H3. The van der Waals surface area contributed by atoms with Gasteiger partial charge < -0.3 is 10.4 Å². The minimum Gasteiger partial charge on any atom is -0.394 e. The topological polar surface area (TPSA) is 32.3 Å². The molecule has 1 aromatic rings. The van der Waals surface area contributed by atoms with Gasteiger partial charge in [0.25, 0.3) is 0 Å². The lowest BCUT2D eigenvalue weighted by atomic mass is 10.0. The average molecular weight is 205 g/mol. The first-order valence-electron chi connectivity index (χ1n) is 5.58. The van der Waals surface area contributed by atoms with Crippen LogP contribution in [0.5, 0.6) is 0 Å². The van der Waals surface area contributed by atoms with Crippen LogP contribution >= 0.6 is 0 Å². The molecule has 15 heavy (non-hydrogen) atoms. The molecule has 82 valence electrons. The summed E-state index contributed by atoms with van der Waals surface area (Å²) in [6, 6.07) is 6.39. The number of aryl methyl sites for hydroxylation is 1. The summed E-state index contributed by atoms with van der Waals surface area (Å²) in [7, 11) is 0. The van der Waals surface area contributed by atoms with Crippen LogP contribution in [0.2, 0.25) is 0 Å². The van der Waals surface area contributed by atoms with Gasteiger partial charge in [-0.25, -0.2) is 0 Å². The molecule has 2 nitrogen and oxygen atoms in total. The Hall–Kier alpha value is -0.860. The van der Waals surface area contributed by atoms with Gasteiger partial charge in [0.05, 0.1) is 6.61 Å². The fraction of sp³-hybridized carbons (Fsp3) is 0.538. The molecule has 1 aliphatic carbocycles. The van der Waals surface area contributed by atoms with Crippen molar-refractivity contribution in [2.24, 2.45) is 0 Å². The number of nitrogens with one attached hydrogen (secondary N) is 1. The van der Waals surface area contributed by atoms with Crippen molar-refractivity contribution in [2.45, 2.75) is 38.8 Å². The Morgan fingerprint density at radius 2 is 2.07 bits per heavy atom. The second kappa shape index (κ2) is 3.95. The highest BCUT2D eigenvalue weighted by Gasteiger charge is 2.41. The number of aliphatic hydroxyl groups is 1. The number of aliphatic hydroxyl groups excluding tert-OH is 1. The van der Waals surface area contributed by atoms with E-state index in [1.165, 1.54) is 16.7 Å². The summed E-state index contributed by atoms with van der Waals surface area (Å²) in [5, 5.41) is 12.7. The Morgan fingerprint density at radius 1 is 1.33 bits per heavy atom. The Balaban J connectivity index is 2.02. The molecule has 2 heteroatoms. The summed E-state index contributed by atoms with van der Waals surface area (Å²) in [4.78, 5) is 0. The minimum absolute atomic E-state index is 0.0379. The van der Waals surface area contributed by atoms with E-state index in [0.29, 0.717) is 0 Å². The summed E-state index contributed by atoms with van der Waals surface area (Å²) in [6.45, 7) is 5.43. The van der Waals surface area contributed by atoms with Crippen molar-refractivity contribution in [3.63, 3.8) is 0 Å². The van der Waals surface area contributed by atoms with Crippen LogP contribution < -0.4 is 5.32 Å². The molecule has 0 bridgehead atoms. The molecule has 0 saturated heterocycles. The Bertz CT molecular complexity index is 356.